The van der Waals surface area contributed by atoms with Gasteiger partial charge >= 0.3 is 5.97 Å². The number of carbonyl (C=O) groups is 1. The van der Waals surface area contributed by atoms with Crippen LogP contribution in [0.5, 0.6) is 28.7 Å². The van der Waals surface area contributed by atoms with Gasteiger partial charge in [-0.25, -0.2) is 4.79 Å². The van der Waals surface area contributed by atoms with Crippen molar-refractivity contribution in [3.05, 3.63) is 34.3 Å². The number of esters is 1. The van der Waals surface area contributed by atoms with Crippen molar-refractivity contribution in [2.75, 3.05) is 40.0 Å². The SMILES string of the molecule is COc1cc(N[C@H]2C(=O)OC[C@@H]2Cc2cc3c(cc2Br)OCO3)cc(OC)c1OC. The number of methoxy groups -OCH3 is 3. The van der Waals surface area contributed by atoms with E-state index < -0.39 is 6.04 Å². The summed E-state index contributed by atoms with van der Waals surface area (Å²) in [6, 6.07) is 6.83. The first-order valence-electron chi connectivity index (χ1n) is 9.35. The number of ether oxygens (including phenoxy) is 6. The van der Waals surface area contributed by atoms with Gasteiger partial charge in [0.2, 0.25) is 12.5 Å². The highest BCUT2D eigenvalue weighted by Gasteiger charge is 2.38. The molecule has 0 radical (unpaired) electrons. The Balaban J connectivity index is 1.57. The van der Waals surface area contributed by atoms with Gasteiger partial charge in [0.25, 0.3) is 0 Å². The molecule has 0 aromatic heterocycles. The molecular weight excluding hydrogens is 458 g/mol. The lowest BCUT2D eigenvalue weighted by molar-refractivity contribution is -0.138. The van der Waals surface area contributed by atoms with E-state index in [9.17, 15) is 4.79 Å². The molecule has 2 aromatic rings. The average molecular weight is 480 g/mol. The molecule has 2 atom stereocenters. The van der Waals surface area contributed by atoms with E-state index in [2.05, 4.69) is 21.2 Å². The normalized spacial score (nSPS) is 19.4. The molecule has 0 saturated carbocycles. The monoisotopic (exact) mass is 479 g/mol. The maximum absolute atomic E-state index is 12.5. The van der Waals surface area contributed by atoms with E-state index in [4.69, 9.17) is 28.4 Å². The molecule has 2 heterocycles. The molecule has 4 rings (SSSR count). The maximum atomic E-state index is 12.5. The minimum Gasteiger partial charge on any atom is -0.493 e. The predicted octanol–water partition coefficient (Wildman–Crippen LogP) is 3.40. The van der Waals surface area contributed by atoms with E-state index >= 15 is 0 Å². The Morgan fingerprint density at radius 3 is 2.30 bits per heavy atom. The first kappa shape index (κ1) is 20.5. The van der Waals surface area contributed by atoms with Gasteiger partial charge in [-0.2, -0.15) is 0 Å². The van der Waals surface area contributed by atoms with Gasteiger partial charge < -0.3 is 33.7 Å². The van der Waals surface area contributed by atoms with Crippen molar-refractivity contribution in [1.82, 2.24) is 0 Å². The van der Waals surface area contributed by atoms with Crippen molar-refractivity contribution in [2.45, 2.75) is 12.5 Å². The van der Waals surface area contributed by atoms with E-state index in [1.54, 1.807) is 33.5 Å². The quantitative estimate of drug-likeness (QED) is 0.604. The van der Waals surface area contributed by atoms with Crippen molar-refractivity contribution in [2.24, 2.45) is 5.92 Å². The highest BCUT2D eigenvalue weighted by Crippen LogP contribution is 2.41. The number of halogens is 1. The summed E-state index contributed by atoms with van der Waals surface area (Å²) in [5, 5.41) is 3.27. The minimum absolute atomic E-state index is 0.0757. The van der Waals surface area contributed by atoms with E-state index in [1.165, 1.54) is 0 Å². The third-order valence-corrected chi connectivity index (χ3v) is 5.91. The van der Waals surface area contributed by atoms with Crippen molar-refractivity contribution in [1.29, 1.82) is 0 Å². The Kier molecular flexibility index (Phi) is 5.80. The number of hydrogen-bond acceptors (Lipinski definition) is 8. The summed E-state index contributed by atoms with van der Waals surface area (Å²) in [6.45, 7) is 0.531. The number of fused-ring (bicyclic) bond motifs is 1. The zero-order valence-electron chi connectivity index (χ0n) is 16.8. The first-order valence-corrected chi connectivity index (χ1v) is 10.1. The van der Waals surface area contributed by atoms with E-state index in [1.807, 2.05) is 12.1 Å². The molecule has 0 bridgehead atoms. The van der Waals surface area contributed by atoms with Gasteiger partial charge in [0.1, 0.15) is 6.04 Å². The van der Waals surface area contributed by atoms with Crippen LogP contribution in [-0.4, -0.2) is 46.7 Å². The number of benzene rings is 2. The molecule has 9 heteroatoms. The highest BCUT2D eigenvalue weighted by atomic mass is 79.9. The molecule has 2 aliphatic heterocycles. The predicted molar refractivity (Wildman–Crippen MR) is 112 cm³/mol. The fourth-order valence-electron chi connectivity index (χ4n) is 3.66. The summed E-state index contributed by atoms with van der Waals surface area (Å²) in [5.74, 6) is 2.52. The van der Waals surface area contributed by atoms with E-state index in [-0.39, 0.29) is 18.7 Å². The van der Waals surface area contributed by atoms with Crippen molar-refractivity contribution in [3.63, 3.8) is 0 Å². The fourth-order valence-corrected chi connectivity index (χ4v) is 4.15. The second-order valence-corrected chi connectivity index (χ2v) is 7.78. The van der Waals surface area contributed by atoms with Crippen LogP contribution in [0, 0.1) is 5.92 Å². The second-order valence-electron chi connectivity index (χ2n) is 6.93. The molecule has 2 aliphatic rings. The summed E-state index contributed by atoms with van der Waals surface area (Å²) < 4.78 is 33.3. The number of rotatable bonds is 7. The number of cyclic esters (lactones) is 1. The van der Waals surface area contributed by atoms with Crippen LogP contribution in [0.2, 0.25) is 0 Å². The first-order chi connectivity index (χ1) is 14.5. The molecule has 30 heavy (non-hydrogen) atoms. The Morgan fingerprint density at radius 1 is 1.00 bits per heavy atom. The Bertz CT molecular complexity index is 940. The van der Waals surface area contributed by atoms with Crippen molar-refractivity contribution < 1.29 is 33.2 Å². The van der Waals surface area contributed by atoms with Crippen LogP contribution in [0.25, 0.3) is 0 Å². The third kappa shape index (κ3) is 3.81. The zero-order chi connectivity index (χ0) is 21.3. The van der Waals surface area contributed by atoms with Crippen LogP contribution >= 0.6 is 15.9 Å². The molecule has 1 N–H and O–H groups in total. The molecule has 0 spiro atoms. The van der Waals surface area contributed by atoms with Crippen LogP contribution in [0.4, 0.5) is 5.69 Å². The lowest BCUT2D eigenvalue weighted by Gasteiger charge is -2.20. The van der Waals surface area contributed by atoms with Gasteiger partial charge in [-0.15, -0.1) is 0 Å². The molecule has 0 unspecified atom stereocenters. The molecule has 0 aliphatic carbocycles. The van der Waals surface area contributed by atoms with Crippen molar-refractivity contribution >= 4 is 27.6 Å². The molecule has 1 saturated heterocycles. The lowest BCUT2D eigenvalue weighted by atomic mass is 9.94. The topological polar surface area (TPSA) is 84.5 Å². The number of carbonyl (C=O) groups excluding carboxylic acids is 1. The molecule has 2 aromatic carbocycles. The molecule has 1 fully saturated rings. The van der Waals surface area contributed by atoms with Crippen molar-refractivity contribution in [3.8, 4) is 28.7 Å². The van der Waals surface area contributed by atoms with E-state index in [0.717, 1.165) is 10.0 Å². The summed E-state index contributed by atoms with van der Waals surface area (Å²) in [7, 11) is 4.64. The molecule has 160 valence electrons. The second kappa shape index (κ2) is 8.51. The van der Waals surface area contributed by atoms with Crippen LogP contribution in [0.15, 0.2) is 28.7 Å². The minimum atomic E-state index is -0.523. The standard InChI is InChI=1S/C21H22BrNO7/c1-25-17-6-13(7-18(26-2)20(17)27-3)23-19-12(9-28-21(19)24)4-11-5-15-16(8-14(11)22)30-10-29-15/h5-8,12,19,23H,4,9-10H2,1-3H3/t12-,19+/m0/s1. The highest BCUT2D eigenvalue weighted by molar-refractivity contribution is 9.10. The van der Waals surface area contributed by atoms with Crippen LogP contribution in [0.1, 0.15) is 5.56 Å². The summed E-state index contributed by atoms with van der Waals surface area (Å²) in [6.07, 6.45) is 0.616. The maximum Gasteiger partial charge on any atom is 0.329 e. The lowest BCUT2D eigenvalue weighted by Crippen LogP contribution is -2.32. The summed E-state index contributed by atoms with van der Waals surface area (Å²) in [5.41, 5.74) is 1.68. The molecular formula is C21H22BrNO7. The van der Waals surface area contributed by atoms with Crippen LogP contribution < -0.4 is 29.0 Å². The molecule has 0 amide bonds. The van der Waals surface area contributed by atoms with Gasteiger partial charge in [0.15, 0.2) is 23.0 Å². The zero-order valence-corrected chi connectivity index (χ0v) is 18.4. The smallest absolute Gasteiger partial charge is 0.329 e. The number of anilines is 1. The number of nitrogens with one attached hydrogen (secondary N) is 1. The van der Waals surface area contributed by atoms with Crippen LogP contribution in [0.3, 0.4) is 0 Å². The molecule has 8 nitrogen and oxygen atoms in total. The van der Waals surface area contributed by atoms with Gasteiger partial charge in [-0.05, 0) is 24.1 Å². The third-order valence-electron chi connectivity index (χ3n) is 5.18. The van der Waals surface area contributed by atoms with Crippen LogP contribution in [-0.2, 0) is 16.0 Å². The van der Waals surface area contributed by atoms with Gasteiger partial charge in [0, 0.05) is 28.2 Å². The Hall–Kier alpha value is -2.81. The van der Waals surface area contributed by atoms with Gasteiger partial charge in [-0.3, -0.25) is 0 Å². The van der Waals surface area contributed by atoms with E-state index in [0.29, 0.717) is 47.5 Å². The average Bonchev–Trinajstić information content (AvgIpc) is 3.34. The largest absolute Gasteiger partial charge is 0.493 e. The summed E-state index contributed by atoms with van der Waals surface area (Å²) in [4.78, 5) is 12.5. The van der Waals surface area contributed by atoms with Gasteiger partial charge in [-0.1, -0.05) is 15.9 Å². The Morgan fingerprint density at radius 2 is 1.67 bits per heavy atom. The summed E-state index contributed by atoms with van der Waals surface area (Å²) >= 11 is 3.58. The fraction of sp³-hybridized carbons (Fsp3) is 0.381. The number of hydrogen-bond donors (Lipinski definition) is 1. The van der Waals surface area contributed by atoms with Gasteiger partial charge in [0.05, 0.1) is 27.9 Å². The Labute approximate surface area is 182 Å².